The van der Waals surface area contributed by atoms with E-state index in [0.717, 1.165) is 41.3 Å². The minimum atomic E-state index is 0.445. The molecule has 0 atom stereocenters. The van der Waals surface area contributed by atoms with Crippen LogP contribution in [0.3, 0.4) is 0 Å². The van der Waals surface area contributed by atoms with Crippen LogP contribution in [0.5, 0.6) is 0 Å². The first-order chi connectivity index (χ1) is 14.8. The van der Waals surface area contributed by atoms with Crippen LogP contribution >= 0.6 is 12.2 Å². The lowest BCUT2D eigenvalue weighted by Crippen LogP contribution is -1.98. The highest BCUT2D eigenvalue weighted by atomic mass is 32.1. The Hall–Kier alpha value is -3.58. The fourth-order valence-electron chi connectivity index (χ4n) is 4.36. The Bertz CT molecular complexity index is 1450. The zero-order valence-electron chi connectivity index (χ0n) is 16.1. The predicted octanol–water partition coefficient (Wildman–Crippen LogP) is 5.01. The summed E-state index contributed by atoms with van der Waals surface area (Å²) in [5.74, 6) is 0.639. The number of nitrogens with one attached hydrogen (secondary N) is 2. The van der Waals surface area contributed by atoms with Gasteiger partial charge in [-0.2, -0.15) is 20.0 Å². The van der Waals surface area contributed by atoms with Crippen LogP contribution in [-0.2, 0) is 12.8 Å². The average Bonchev–Trinajstić information content (AvgIpc) is 3.48. The van der Waals surface area contributed by atoms with Crippen molar-refractivity contribution >= 4 is 40.0 Å². The van der Waals surface area contributed by atoms with Gasteiger partial charge in [-0.3, -0.25) is 5.10 Å². The average molecular weight is 411 g/mol. The molecule has 0 unspecified atom stereocenters. The van der Waals surface area contributed by atoms with Gasteiger partial charge in [0.05, 0.1) is 6.21 Å². The molecule has 0 saturated carbocycles. The summed E-state index contributed by atoms with van der Waals surface area (Å²) < 4.78 is 2.11. The number of benzene rings is 3. The standard InChI is InChI=1S/C23H18N6S/c30-23-28-27-22(21-18-10-5-11-20(18)25-26-21)29(23)24-13-19-16-8-3-1-6-14(16)12-15-7-2-4-9-17(15)19/h1-4,6-9,12-13H,5,10-11H2,(H,25,26)(H,28,30)/b24-13-. The number of nitrogens with zero attached hydrogens (tertiary/aromatic N) is 4. The van der Waals surface area contributed by atoms with Gasteiger partial charge in [-0.15, -0.1) is 0 Å². The van der Waals surface area contributed by atoms with Gasteiger partial charge in [-0.25, -0.2) is 5.10 Å². The van der Waals surface area contributed by atoms with E-state index in [9.17, 15) is 0 Å². The Labute approximate surface area is 177 Å². The molecule has 1 aliphatic carbocycles. The number of aryl methyl sites for hydroxylation is 1. The first-order valence-electron chi connectivity index (χ1n) is 9.98. The number of aromatic amines is 2. The maximum absolute atomic E-state index is 5.48. The smallest absolute Gasteiger partial charge is 0.216 e. The fourth-order valence-corrected chi connectivity index (χ4v) is 4.54. The van der Waals surface area contributed by atoms with E-state index < -0.39 is 0 Å². The van der Waals surface area contributed by atoms with E-state index in [1.807, 2.05) is 6.21 Å². The first-order valence-corrected chi connectivity index (χ1v) is 10.4. The van der Waals surface area contributed by atoms with Gasteiger partial charge in [0.25, 0.3) is 0 Å². The van der Waals surface area contributed by atoms with Gasteiger partial charge >= 0.3 is 0 Å². The molecule has 0 aliphatic heterocycles. The van der Waals surface area contributed by atoms with Crippen LogP contribution in [0.15, 0.2) is 59.7 Å². The fraction of sp³-hybridized carbons (Fsp3) is 0.130. The Morgan fingerprint density at radius 2 is 1.67 bits per heavy atom. The zero-order chi connectivity index (χ0) is 20.1. The molecule has 0 bridgehead atoms. The molecule has 2 heterocycles. The number of hydrogen-bond acceptors (Lipinski definition) is 4. The van der Waals surface area contributed by atoms with Crippen molar-refractivity contribution in [1.29, 1.82) is 0 Å². The van der Waals surface area contributed by atoms with Crippen LogP contribution in [-0.4, -0.2) is 31.3 Å². The van der Waals surface area contributed by atoms with E-state index >= 15 is 0 Å². The van der Waals surface area contributed by atoms with Crippen LogP contribution in [0, 0.1) is 4.77 Å². The molecule has 0 saturated heterocycles. The summed E-state index contributed by atoms with van der Waals surface area (Å²) in [5, 5.41) is 24.3. The molecule has 3 aromatic carbocycles. The molecule has 6 rings (SSSR count). The molecule has 146 valence electrons. The van der Waals surface area contributed by atoms with Crippen LogP contribution in [0.4, 0.5) is 0 Å². The van der Waals surface area contributed by atoms with Crippen molar-refractivity contribution in [2.75, 3.05) is 0 Å². The number of fused-ring (bicyclic) bond motifs is 3. The van der Waals surface area contributed by atoms with E-state index in [-0.39, 0.29) is 0 Å². The summed E-state index contributed by atoms with van der Waals surface area (Å²) >= 11 is 5.48. The Balaban J connectivity index is 1.54. The summed E-state index contributed by atoms with van der Waals surface area (Å²) in [6.45, 7) is 0. The van der Waals surface area contributed by atoms with E-state index in [1.165, 1.54) is 22.0 Å². The second kappa shape index (κ2) is 6.74. The second-order valence-electron chi connectivity index (χ2n) is 7.52. The van der Waals surface area contributed by atoms with Crippen LogP contribution in [0.2, 0.25) is 0 Å². The Kier molecular flexibility index (Phi) is 3.89. The lowest BCUT2D eigenvalue weighted by molar-refractivity contribution is 0.844. The van der Waals surface area contributed by atoms with Gasteiger partial charge in [0.15, 0.2) is 0 Å². The molecule has 2 aromatic heterocycles. The van der Waals surface area contributed by atoms with Crippen molar-refractivity contribution in [2.45, 2.75) is 19.3 Å². The van der Waals surface area contributed by atoms with Crippen LogP contribution in [0.1, 0.15) is 23.2 Å². The van der Waals surface area contributed by atoms with Gasteiger partial charge in [0.2, 0.25) is 10.6 Å². The number of hydrogen-bond donors (Lipinski definition) is 2. The summed E-state index contributed by atoms with van der Waals surface area (Å²) in [6, 6.07) is 18.9. The SMILES string of the molecule is S=c1[nH]nc(-c2n[nH]c3c2CCC3)n1/N=C\c1c2ccccc2cc2ccccc12. The summed E-state index contributed by atoms with van der Waals surface area (Å²) in [4.78, 5) is 0. The van der Waals surface area contributed by atoms with Gasteiger partial charge in [0, 0.05) is 16.8 Å². The second-order valence-corrected chi connectivity index (χ2v) is 7.91. The zero-order valence-corrected chi connectivity index (χ0v) is 16.9. The third kappa shape index (κ3) is 2.63. The highest BCUT2D eigenvalue weighted by Crippen LogP contribution is 2.30. The summed E-state index contributed by atoms with van der Waals surface area (Å²) in [6.07, 6.45) is 5.04. The molecule has 1 aliphatic rings. The molecule has 6 nitrogen and oxygen atoms in total. The van der Waals surface area contributed by atoms with Crippen molar-refractivity contribution in [1.82, 2.24) is 25.1 Å². The molecule has 0 fully saturated rings. The van der Waals surface area contributed by atoms with Crippen molar-refractivity contribution in [3.05, 3.63) is 76.2 Å². The van der Waals surface area contributed by atoms with Gasteiger partial charge in [-0.1, -0.05) is 48.5 Å². The maximum Gasteiger partial charge on any atom is 0.216 e. The lowest BCUT2D eigenvalue weighted by Gasteiger charge is -2.08. The predicted molar refractivity (Wildman–Crippen MR) is 121 cm³/mol. The number of H-pyrrole nitrogens is 2. The van der Waals surface area contributed by atoms with Gasteiger partial charge < -0.3 is 0 Å². The highest BCUT2D eigenvalue weighted by Gasteiger charge is 2.23. The first kappa shape index (κ1) is 17.3. The molecule has 5 aromatic rings. The topological polar surface area (TPSA) is 74.7 Å². The molecule has 30 heavy (non-hydrogen) atoms. The molecular formula is C23H18N6S. The van der Waals surface area contributed by atoms with E-state index in [1.54, 1.807) is 4.68 Å². The minimum Gasteiger partial charge on any atom is -0.282 e. The normalized spacial score (nSPS) is 13.6. The van der Waals surface area contributed by atoms with E-state index in [0.29, 0.717) is 10.6 Å². The molecule has 0 radical (unpaired) electrons. The van der Waals surface area contributed by atoms with Gasteiger partial charge in [-0.05, 0) is 59.1 Å². The van der Waals surface area contributed by atoms with Crippen molar-refractivity contribution < 1.29 is 0 Å². The molecule has 0 amide bonds. The minimum absolute atomic E-state index is 0.445. The van der Waals surface area contributed by atoms with E-state index in [4.69, 9.17) is 17.3 Å². The monoisotopic (exact) mass is 410 g/mol. The van der Waals surface area contributed by atoms with Crippen LogP contribution < -0.4 is 0 Å². The summed E-state index contributed by atoms with van der Waals surface area (Å²) in [5.41, 5.74) is 4.30. The van der Waals surface area contributed by atoms with Crippen molar-refractivity contribution in [3.63, 3.8) is 0 Å². The van der Waals surface area contributed by atoms with Crippen molar-refractivity contribution in [3.8, 4) is 11.5 Å². The molecule has 0 spiro atoms. The third-order valence-corrected chi connectivity index (χ3v) is 6.05. The molecular weight excluding hydrogens is 392 g/mol. The quantitative estimate of drug-likeness (QED) is 0.249. The Morgan fingerprint density at radius 1 is 0.933 bits per heavy atom. The summed E-state index contributed by atoms with van der Waals surface area (Å²) in [7, 11) is 0. The van der Waals surface area contributed by atoms with Crippen LogP contribution in [0.25, 0.3) is 33.1 Å². The van der Waals surface area contributed by atoms with Crippen molar-refractivity contribution in [2.24, 2.45) is 5.10 Å². The molecule has 2 N–H and O–H groups in total. The maximum atomic E-state index is 5.48. The van der Waals surface area contributed by atoms with E-state index in [2.05, 4.69) is 75.0 Å². The number of rotatable bonds is 3. The lowest BCUT2D eigenvalue weighted by atomic mass is 9.97. The third-order valence-electron chi connectivity index (χ3n) is 5.78. The van der Waals surface area contributed by atoms with Gasteiger partial charge in [0.1, 0.15) is 5.69 Å². The largest absolute Gasteiger partial charge is 0.282 e. The highest BCUT2D eigenvalue weighted by molar-refractivity contribution is 7.71. The number of aromatic nitrogens is 5. The Morgan fingerprint density at radius 3 is 2.43 bits per heavy atom. The molecule has 7 heteroatoms.